The van der Waals surface area contributed by atoms with E-state index in [2.05, 4.69) is 15.5 Å². The van der Waals surface area contributed by atoms with Gasteiger partial charge in [0, 0.05) is 25.9 Å². The van der Waals surface area contributed by atoms with E-state index in [1.54, 1.807) is 4.57 Å². The number of aromatic nitrogens is 3. The zero-order valence-electron chi connectivity index (χ0n) is 13.5. The van der Waals surface area contributed by atoms with Gasteiger partial charge in [0.1, 0.15) is 11.4 Å². The zero-order valence-corrected chi connectivity index (χ0v) is 14.4. The molecular weight excluding hydrogens is 312 g/mol. The van der Waals surface area contributed by atoms with Gasteiger partial charge in [0.05, 0.1) is 0 Å². The number of hydrogen-bond donors (Lipinski definition) is 3. The van der Waals surface area contributed by atoms with Gasteiger partial charge in [-0.1, -0.05) is 37.3 Å². The molecule has 1 amide bonds. The maximum atomic E-state index is 12.3. The van der Waals surface area contributed by atoms with Gasteiger partial charge in [-0.05, 0) is 24.7 Å². The van der Waals surface area contributed by atoms with Gasteiger partial charge >= 0.3 is 0 Å². The zero-order chi connectivity index (χ0) is 17.0. The summed E-state index contributed by atoms with van der Waals surface area (Å²) in [5.74, 6) is 0.0427. The van der Waals surface area contributed by atoms with Crippen LogP contribution in [0, 0.1) is 4.77 Å². The van der Waals surface area contributed by atoms with E-state index in [1.165, 1.54) is 6.92 Å². The molecule has 2 rings (SSSR count). The van der Waals surface area contributed by atoms with Crippen LogP contribution in [-0.4, -0.2) is 37.9 Å². The second-order valence-corrected chi connectivity index (χ2v) is 6.18. The average Bonchev–Trinajstić information content (AvgIpc) is 2.86. The van der Waals surface area contributed by atoms with Crippen LogP contribution in [0.15, 0.2) is 30.3 Å². The van der Waals surface area contributed by atoms with Crippen molar-refractivity contribution < 1.29 is 9.90 Å². The third-order valence-corrected chi connectivity index (χ3v) is 4.57. The van der Waals surface area contributed by atoms with Crippen molar-refractivity contribution in [1.82, 2.24) is 20.1 Å². The summed E-state index contributed by atoms with van der Waals surface area (Å²) in [5.41, 5.74) is -0.569. The lowest BCUT2D eigenvalue weighted by molar-refractivity contribution is -0.139. The molecule has 0 saturated carbocycles. The molecule has 1 heterocycles. The van der Waals surface area contributed by atoms with E-state index in [-0.39, 0.29) is 5.92 Å². The lowest BCUT2D eigenvalue weighted by Gasteiger charge is -2.29. The summed E-state index contributed by atoms with van der Waals surface area (Å²) in [4.78, 5) is 12.3. The first-order valence-corrected chi connectivity index (χ1v) is 7.90. The molecular formula is C16H22N4O2S. The van der Waals surface area contributed by atoms with Gasteiger partial charge in [0.15, 0.2) is 4.77 Å². The predicted molar refractivity (Wildman–Crippen MR) is 90.6 cm³/mol. The lowest BCUT2D eigenvalue weighted by atomic mass is 9.84. The lowest BCUT2D eigenvalue weighted by Crippen LogP contribution is -2.48. The Balaban J connectivity index is 1.96. The van der Waals surface area contributed by atoms with Gasteiger partial charge < -0.3 is 15.0 Å². The molecule has 1 aromatic heterocycles. The number of rotatable bonds is 6. The minimum Gasteiger partial charge on any atom is -0.380 e. The van der Waals surface area contributed by atoms with Crippen LogP contribution in [0.1, 0.15) is 31.2 Å². The molecule has 1 aromatic carbocycles. The van der Waals surface area contributed by atoms with Gasteiger partial charge in [-0.25, -0.2) is 0 Å². The molecule has 0 fully saturated rings. The highest BCUT2D eigenvalue weighted by molar-refractivity contribution is 7.71. The molecule has 0 aliphatic rings. The highest BCUT2D eigenvalue weighted by Crippen LogP contribution is 2.27. The molecule has 0 aliphatic heterocycles. The Morgan fingerprint density at radius 1 is 1.48 bits per heavy atom. The normalized spacial score (nSPS) is 15.0. The van der Waals surface area contributed by atoms with E-state index in [0.29, 0.717) is 17.7 Å². The molecule has 23 heavy (non-hydrogen) atoms. The highest BCUT2D eigenvalue weighted by Gasteiger charge is 2.37. The van der Waals surface area contributed by atoms with Crippen LogP contribution in [0.5, 0.6) is 0 Å². The summed E-state index contributed by atoms with van der Waals surface area (Å²) in [6.45, 7) is 3.76. The highest BCUT2D eigenvalue weighted by atomic mass is 32.1. The van der Waals surface area contributed by atoms with Crippen LogP contribution in [0.25, 0.3) is 0 Å². The van der Waals surface area contributed by atoms with Gasteiger partial charge in [0.25, 0.3) is 5.91 Å². The third kappa shape index (κ3) is 3.86. The Morgan fingerprint density at radius 3 is 2.70 bits per heavy atom. The summed E-state index contributed by atoms with van der Waals surface area (Å²) < 4.78 is 2.29. The van der Waals surface area contributed by atoms with E-state index >= 15 is 0 Å². The molecule has 0 spiro atoms. The molecule has 7 heteroatoms. The molecule has 0 bridgehead atoms. The number of nitrogens with one attached hydrogen (secondary N) is 2. The average molecular weight is 334 g/mol. The van der Waals surface area contributed by atoms with Crippen molar-refractivity contribution in [1.29, 1.82) is 0 Å². The maximum absolute atomic E-state index is 12.3. The van der Waals surface area contributed by atoms with Crippen LogP contribution >= 0.6 is 12.2 Å². The fourth-order valence-electron chi connectivity index (χ4n) is 2.33. The van der Waals surface area contributed by atoms with E-state index in [4.69, 9.17) is 12.2 Å². The molecule has 0 unspecified atom stereocenters. The Labute approximate surface area is 140 Å². The van der Waals surface area contributed by atoms with Gasteiger partial charge in [0.2, 0.25) is 0 Å². The second kappa shape index (κ2) is 7.06. The quantitative estimate of drug-likeness (QED) is 0.702. The molecule has 2 aromatic rings. The van der Waals surface area contributed by atoms with Gasteiger partial charge in [-0.2, -0.15) is 5.10 Å². The molecule has 124 valence electrons. The van der Waals surface area contributed by atoms with Crippen molar-refractivity contribution in [2.45, 2.75) is 31.8 Å². The number of hydrogen-bond acceptors (Lipinski definition) is 4. The number of carbonyl (C=O) groups excluding carboxylic acids is 1. The number of nitrogens with zero attached hydrogens (tertiary/aromatic N) is 2. The maximum Gasteiger partial charge on any atom is 0.252 e. The summed E-state index contributed by atoms with van der Waals surface area (Å²) >= 11 is 5.04. The summed E-state index contributed by atoms with van der Waals surface area (Å²) in [6.07, 6.45) is 0.533. The van der Waals surface area contributed by atoms with Crippen molar-refractivity contribution in [2.75, 3.05) is 6.54 Å². The Kier molecular flexibility index (Phi) is 5.33. The minimum absolute atomic E-state index is 0.315. The molecule has 0 radical (unpaired) electrons. The minimum atomic E-state index is -1.49. The molecule has 2 atom stereocenters. The van der Waals surface area contributed by atoms with Crippen molar-refractivity contribution in [3.8, 4) is 0 Å². The Morgan fingerprint density at radius 2 is 2.13 bits per heavy atom. The van der Waals surface area contributed by atoms with Crippen molar-refractivity contribution >= 4 is 18.1 Å². The number of aliphatic hydroxyl groups is 1. The van der Waals surface area contributed by atoms with E-state index in [1.807, 2.05) is 44.3 Å². The first-order valence-electron chi connectivity index (χ1n) is 7.50. The third-order valence-electron chi connectivity index (χ3n) is 4.21. The van der Waals surface area contributed by atoms with Crippen LogP contribution < -0.4 is 5.32 Å². The van der Waals surface area contributed by atoms with Crippen LogP contribution in [-0.2, 0) is 18.3 Å². The summed E-state index contributed by atoms with van der Waals surface area (Å²) in [6, 6.07) is 9.50. The van der Waals surface area contributed by atoms with Crippen LogP contribution in [0.2, 0.25) is 0 Å². The molecule has 0 aliphatic carbocycles. The standard InChI is InChI=1S/C16H22N4O2S/c1-11(12-7-5-4-6-8-12)16(2,22)14(21)17-10-9-13-18-19-15(23)20(13)3/h4-8,11,22H,9-10H2,1-3H3,(H,17,21)(H,19,23)/t11-,16-/m0/s1. The van der Waals surface area contributed by atoms with Crippen molar-refractivity contribution in [3.05, 3.63) is 46.5 Å². The topological polar surface area (TPSA) is 82.9 Å². The Hall–Kier alpha value is -1.99. The first-order chi connectivity index (χ1) is 10.8. The second-order valence-electron chi connectivity index (χ2n) is 5.79. The molecule has 6 nitrogen and oxygen atoms in total. The van der Waals surface area contributed by atoms with E-state index in [9.17, 15) is 9.90 Å². The largest absolute Gasteiger partial charge is 0.380 e. The number of carbonyl (C=O) groups is 1. The number of amides is 1. The Bertz CT molecular complexity index is 721. The summed E-state index contributed by atoms with van der Waals surface area (Å²) in [5, 5.41) is 20.2. The van der Waals surface area contributed by atoms with Gasteiger partial charge in [-0.3, -0.25) is 9.89 Å². The molecule has 3 N–H and O–H groups in total. The predicted octanol–water partition coefficient (Wildman–Crippen LogP) is 1.69. The van der Waals surface area contributed by atoms with Gasteiger partial charge in [-0.15, -0.1) is 0 Å². The van der Waals surface area contributed by atoms with E-state index in [0.717, 1.165) is 11.4 Å². The smallest absolute Gasteiger partial charge is 0.252 e. The van der Waals surface area contributed by atoms with Crippen molar-refractivity contribution in [2.24, 2.45) is 7.05 Å². The van der Waals surface area contributed by atoms with E-state index < -0.39 is 11.5 Å². The fraction of sp³-hybridized carbons (Fsp3) is 0.438. The summed E-state index contributed by atoms with van der Waals surface area (Å²) in [7, 11) is 1.82. The number of aromatic amines is 1. The SMILES string of the molecule is C[C@@H](c1ccccc1)[C@](C)(O)C(=O)NCCc1n[nH]c(=S)n1C. The van der Waals surface area contributed by atoms with Crippen LogP contribution in [0.4, 0.5) is 0 Å². The number of H-pyrrole nitrogens is 1. The van der Waals surface area contributed by atoms with Crippen molar-refractivity contribution in [3.63, 3.8) is 0 Å². The first kappa shape index (κ1) is 17.4. The molecule has 0 saturated heterocycles. The fourth-order valence-corrected chi connectivity index (χ4v) is 2.48. The van der Waals surface area contributed by atoms with Crippen LogP contribution in [0.3, 0.4) is 0 Å². The number of benzene rings is 1. The monoisotopic (exact) mass is 334 g/mol.